The first kappa shape index (κ1) is 18.9. The minimum atomic E-state index is -0.633. The molecule has 2 aromatic carbocycles. The molecule has 6 heteroatoms. The van der Waals surface area contributed by atoms with E-state index >= 15 is 0 Å². The van der Waals surface area contributed by atoms with Crippen molar-refractivity contribution in [2.45, 2.75) is 19.6 Å². The monoisotopic (exact) mass is 368 g/mol. The van der Waals surface area contributed by atoms with Crippen molar-refractivity contribution in [2.75, 3.05) is 19.8 Å². The lowest BCUT2D eigenvalue weighted by molar-refractivity contribution is 0.106. The topological polar surface area (TPSA) is 83.6 Å². The van der Waals surface area contributed by atoms with Crippen LogP contribution in [-0.2, 0) is 6.54 Å². The molecule has 0 aliphatic heterocycles. The minimum Gasteiger partial charge on any atom is -0.494 e. The molecular formula is C21H24N2O4. The van der Waals surface area contributed by atoms with E-state index in [-0.39, 0.29) is 12.2 Å². The molecule has 0 saturated carbocycles. The number of hydrogen-bond donors (Lipinski definition) is 3. The van der Waals surface area contributed by atoms with Gasteiger partial charge in [-0.25, -0.2) is 0 Å². The second kappa shape index (κ2) is 9.21. The van der Waals surface area contributed by atoms with Gasteiger partial charge in [0, 0.05) is 30.1 Å². The lowest BCUT2D eigenvalue weighted by atomic mass is 10.2. The van der Waals surface area contributed by atoms with Crippen molar-refractivity contribution in [3.05, 3.63) is 70.5 Å². The van der Waals surface area contributed by atoms with E-state index in [1.807, 2.05) is 37.3 Å². The van der Waals surface area contributed by atoms with Crippen molar-refractivity contribution in [1.82, 2.24) is 10.3 Å². The number of benzene rings is 2. The number of aromatic nitrogens is 1. The van der Waals surface area contributed by atoms with Crippen molar-refractivity contribution in [2.24, 2.45) is 0 Å². The van der Waals surface area contributed by atoms with Crippen LogP contribution in [-0.4, -0.2) is 36.0 Å². The molecule has 0 fully saturated rings. The predicted molar refractivity (Wildman–Crippen MR) is 105 cm³/mol. The summed E-state index contributed by atoms with van der Waals surface area (Å²) in [6.07, 6.45) is -0.633. The fourth-order valence-electron chi connectivity index (χ4n) is 2.77. The Kier molecular flexibility index (Phi) is 6.46. The Morgan fingerprint density at radius 1 is 1.07 bits per heavy atom. The molecule has 142 valence electrons. The molecule has 27 heavy (non-hydrogen) atoms. The highest BCUT2D eigenvalue weighted by Gasteiger charge is 2.06. The molecule has 3 aromatic rings. The fourth-order valence-corrected chi connectivity index (χ4v) is 2.77. The molecule has 0 radical (unpaired) electrons. The smallest absolute Gasteiger partial charge is 0.248 e. The second-order valence-electron chi connectivity index (χ2n) is 6.25. The van der Waals surface area contributed by atoms with Gasteiger partial charge in [0.2, 0.25) is 5.56 Å². The first-order valence-corrected chi connectivity index (χ1v) is 9.00. The summed E-state index contributed by atoms with van der Waals surface area (Å²) in [5.41, 5.74) is 1.72. The molecule has 3 N–H and O–H groups in total. The molecule has 1 aromatic heterocycles. The van der Waals surface area contributed by atoms with Crippen molar-refractivity contribution in [3.63, 3.8) is 0 Å². The molecule has 1 heterocycles. The summed E-state index contributed by atoms with van der Waals surface area (Å²) in [6, 6.07) is 16.5. The van der Waals surface area contributed by atoms with E-state index in [9.17, 15) is 9.90 Å². The molecule has 6 nitrogen and oxygen atoms in total. The van der Waals surface area contributed by atoms with Crippen LogP contribution in [0.2, 0.25) is 0 Å². The Hall–Kier alpha value is -2.83. The molecule has 0 bridgehead atoms. The van der Waals surface area contributed by atoms with Crippen molar-refractivity contribution in [1.29, 1.82) is 0 Å². The Bertz CT molecular complexity index is 939. The summed E-state index contributed by atoms with van der Waals surface area (Å²) in [5, 5.41) is 14.2. The van der Waals surface area contributed by atoms with Crippen LogP contribution in [0.4, 0.5) is 0 Å². The highest BCUT2D eigenvalue weighted by atomic mass is 16.5. The van der Waals surface area contributed by atoms with Crippen LogP contribution in [0.25, 0.3) is 10.9 Å². The van der Waals surface area contributed by atoms with E-state index in [4.69, 9.17) is 9.47 Å². The number of aliphatic hydroxyl groups is 1. The molecular weight excluding hydrogens is 344 g/mol. The third-order valence-electron chi connectivity index (χ3n) is 4.06. The molecule has 0 amide bonds. The molecule has 1 atom stereocenters. The van der Waals surface area contributed by atoms with Crippen LogP contribution in [0.5, 0.6) is 11.5 Å². The molecule has 0 aliphatic carbocycles. The third kappa shape index (κ3) is 5.57. The lowest BCUT2D eigenvalue weighted by Crippen LogP contribution is -2.31. The maximum atomic E-state index is 11.3. The normalized spacial score (nSPS) is 12.1. The zero-order valence-electron chi connectivity index (χ0n) is 15.3. The number of nitrogens with one attached hydrogen (secondary N) is 2. The van der Waals surface area contributed by atoms with E-state index in [1.54, 1.807) is 18.2 Å². The number of pyridine rings is 1. The maximum absolute atomic E-state index is 11.3. The number of rotatable bonds is 9. The van der Waals surface area contributed by atoms with Crippen LogP contribution >= 0.6 is 0 Å². The molecule has 0 saturated heterocycles. The zero-order valence-corrected chi connectivity index (χ0v) is 15.3. The SMILES string of the molecule is CCOc1cccc(CNC[C@H](O)COc2ccc3[nH]c(=O)ccc3c2)c1. The third-order valence-corrected chi connectivity index (χ3v) is 4.06. The van der Waals surface area contributed by atoms with Gasteiger partial charge in [0.05, 0.1) is 6.61 Å². The Morgan fingerprint density at radius 3 is 2.78 bits per heavy atom. The molecule has 3 rings (SSSR count). The first-order chi connectivity index (χ1) is 13.1. The molecule has 0 spiro atoms. The fraction of sp³-hybridized carbons (Fsp3) is 0.286. The number of aromatic amines is 1. The highest BCUT2D eigenvalue weighted by molar-refractivity contribution is 5.79. The van der Waals surface area contributed by atoms with Crippen LogP contribution in [0.3, 0.4) is 0 Å². The van der Waals surface area contributed by atoms with Gasteiger partial charge in [-0.15, -0.1) is 0 Å². The molecule has 0 aliphatic rings. The van der Waals surface area contributed by atoms with Gasteiger partial charge in [0.15, 0.2) is 0 Å². The van der Waals surface area contributed by atoms with Crippen molar-refractivity contribution >= 4 is 10.9 Å². The van der Waals surface area contributed by atoms with Crippen LogP contribution in [0, 0.1) is 0 Å². The van der Waals surface area contributed by atoms with E-state index < -0.39 is 6.10 Å². The first-order valence-electron chi connectivity index (χ1n) is 9.00. The zero-order chi connectivity index (χ0) is 19.1. The van der Waals surface area contributed by atoms with Crippen molar-refractivity contribution in [3.8, 4) is 11.5 Å². The lowest BCUT2D eigenvalue weighted by Gasteiger charge is -2.14. The van der Waals surface area contributed by atoms with E-state index in [0.717, 1.165) is 22.2 Å². The van der Waals surface area contributed by atoms with Gasteiger partial charge >= 0.3 is 0 Å². The number of aliphatic hydroxyl groups excluding tert-OH is 1. The highest BCUT2D eigenvalue weighted by Crippen LogP contribution is 2.18. The summed E-state index contributed by atoms with van der Waals surface area (Å²) in [7, 11) is 0. The Balaban J connectivity index is 1.45. The van der Waals surface area contributed by atoms with Gasteiger partial charge < -0.3 is 24.9 Å². The van der Waals surface area contributed by atoms with Crippen LogP contribution in [0.1, 0.15) is 12.5 Å². The maximum Gasteiger partial charge on any atom is 0.248 e. The van der Waals surface area contributed by atoms with E-state index in [2.05, 4.69) is 10.3 Å². The minimum absolute atomic E-state index is 0.135. The van der Waals surface area contributed by atoms with Gasteiger partial charge in [-0.2, -0.15) is 0 Å². The average Bonchev–Trinajstić information content (AvgIpc) is 2.67. The standard InChI is InChI=1S/C21H24N2O4/c1-2-26-18-5-3-4-15(10-18)12-22-13-17(24)14-27-19-7-8-20-16(11-19)6-9-21(25)23-20/h3-11,17,22,24H,2,12-14H2,1H3,(H,23,25)/t17-/m0/s1. The van der Waals surface area contributed by atoms with E-state index in [0.29, 0.717) is 25.4 Å². The number of fused-ring (bicyclic) bond motifs is 1. The number of ether oxygens (including phenoxy) is 2. The largest absolute Gasteiger partial charge is 0.494 e. The Morgan fingerprint density at radius 2 is 1.93 bits per heavy atom. The summed E-state index contributed by atoms with van der Waals surface area (Å²) >= 11 is 0. The Labute approximate surface area is 157 Å². The van der Waals surface area contributed by atoms with Crippen LogP contribution in [0.15, 0.2) is 59.4 Å². The van der Waals surface area contributed by atoms with Gasteiger partial charge in [0.25, 0.3) is 0 Å². The quantitative estimate of drug-likeness (QED) is 0.540. The van der Waals surface area contributed by atoms with Gasteiger partial charge in [-0.1, -0.05) is 12.1 Å². The summed E-state index contributed by atoms with van der Waals surface area (Å²) in [5.74, 6) is 1.50. The molecule has 0 unspecified atom stereocenters. The predicted octanol–water partition coefficient (Wildman–Crippen LogP) is 2.46. The average molecular weight is 368 g/mol. The summed E-state index contributed by atoms with van der Waals surface area (Å²) in [6.45, 7) is 3.83. The second-order valence-corrected chi connectivity index (χ2v) is 6.25. The van der Waals surface area contributed by atoms with Gasteiger partial charge in [-0.3, -0.25) is 4.79 Å². The van der Waals surface area contributed by atoms with E-state index in [1.165, 1.54) is 6.07 Å². The van der Waals surface area contributed by atoms with Gasteiger partial charge in [-0.05, 0) is 48.9 Å². The number of hydrogen-bond acceptors (Lipinski definition) is 5. The van der Waals surface area contributed by atoms with Crippen molar-refractivity contribution < 1.29 is 14.6 Å². The van der Waals surface area contributed by atoms with Crippen LogP contribution < -0.4 is 20.3 Å². The summed E-state index contributed by atoms with van der Waals surface area (Å²) < 4.78 is 11.1. The van der Waals surface area contributed by atoms with Gasteiger partial charge in [0.1, 0.15) is 24.2 Å². The summed E-state index contributed by atoms with van der Waals surface area (Å²) in [4.78, 5) is 14.1. The number of H-pyrrole nitrogens is 1.